The summed E-state index contributed by atoms with van der Waals surface area (Å²) in [4.78, 5) is 24.9. The van der Waals surface area contributed by atoms with Gasteiger partial charge in [-0.05, 0) is 25.0 Å². The zero-order valence-corrected chi connectivity index (χ0v) is 18.8. The van der Waals surface area contributed by atoms with E-state index in [0.29, 0.717) is 30.3 Å². The van der Waals surface area contributed by atoms with Crippen LogP contribution in [0.2, 0.25) is 5.02 Å². The first-order valence-electron chi connectivity index (χ1n) is 10.9. The van der Waals surface area contributed by atoms with E-state index in [4.69, 9.17) is 20.9 Å². The third-order valence-electron chi connectivity index (χ3n) is 7.05. The van der Waals surface area contributed by atoms with Crippen molar-refractivity contribution in [3.63, 3.8) is 0 Å². The van der Waals surface area contributed by atoms with E-state index in [1.807, 2.05) is 36.4 Å². The van der Waals surface area contributed by atoms with Crippen LogP contribution in [0.4, 0.5) is 4.79 Å². The number of hydrogen-bond donors (Lipinski definition) is 2. The van der Waals surface area contributed by atoms with Crippen LogP contribution >= 0.6 is 11.6 Å². The number of fused-ring (bicyclic) bond motifs is 1. The molecule has 3 aromatic rings. The molecule has 0 radical (unpaired) electrons. The average Bonchev–Trinajstić information content (AvgIpc) is 3.47. The Kier molecular flexibility index (Phi) is 5.40. The molecule has 1 saturated heterocycles. The fraction of sp³-hybridized carbons (Fsp3) is 0.375. The number of ether oxygens (including phenoxy) is 1. The predicted octanol–water partition coefficient (Wildman–Crippen LogP) is 4.22. The molecule has 2 heterocycles. The zero-order chi connectivity index (χ0) is 23.2. The molecule has 5 rings (SSSR count). The van der Waals surface area contributed by atoms with Gasteiger partial charge in [-0.1, -0.05) is 41.0 Å². The van der Waals surface area contributed by atoms with Crippen LogP contribution in [0.3, 0.4) is 0 Å². The monoisotopic (exact) mass is 469 g/mol. The molecule has 0 bridgehead atoms. The third kappa shape index (κ3) is 3.78. The van der Waals surface area contributed by atoms with Crippen molar-refractivity contribution in [2.75, 3.05) is 20.1 Å². The van der Waals surface area contributed by atoms with Gasteiger partial charge in [0.1, 0.15) is 17.6 Å². The molecular weight excluding hydrogens is 446 g/mol. The fourth-order valence-electron chi connectivity index (χ4n) is 5.29. The van der Waals surface area contributed by atoms with Gasteiger partial charge < -0.3 is 24.6 Å². The van der Waals surface area contributed by atoms with E-state index in [0.717, 1.165) is 29.4 Å². The lowest BCUT2D eigenvalue weighted by molar-refractivity contribution is -0.0865. The van der Waals surface area contributed by atoms with Crippen molar-refractivity contribution in [1.82, 2.24) is 15.4 Å². The number of benzene rings is 2. The van der Waals surface area contributed by atoms with E-state index in [1.54, 1.807) is 6.07 Å². The number of likely N-dealkylation sites (tertiary alicyclic amines) is 1. The van der Waals surface area contributed by atoms with E-state index in [-0.39, 0.29) is 29.0 Å². The van der Waals surface area contributed by atoms with Gasteiger partial charge in [0, 0.05) is 59.8 Å². The molecule has 3 atom stereocenters. The van der Waals surface area contributed by atoms with E-state index in [9.17, 15) is 14.7 Å². The zero-order valence-electron chi connectivity index (χ0n) is 18.1. The minimum absolute atomic E-state index is 0.0155. The average molecular weight is 470 g/mol. The number of halogens is 1. The molecule has 1 saturated carbocycles. The van der Waals surface area contributed by atoms with Crippen LogP contribution in [-0.2, 0) is 6.42 Å². The quantitative estimate of drug-likeness (QED) is 0.579. The minimum atomic E-state index is -0.903. The smallest absolute Gasteiger partial charge is 0.407 e. The van der Waals surface area contributed by atoms with Gasteiger partial charge in [-0.25, -0.2) is 4.79 Å². The maximum atomic E-state index is 11.9. The Morgan fingerprint density at radius 1 is 1.30 bits per heavy atom. The van der Waals surface area contributed by atoms with E-state index in [1.165, 1.54) is 11.9 Å². The van der Waals surface area contributed by atoms with Gasteiger partial charge in [0.25, 0.3) is 5.91 Å². The molecule has 8 nitrogen and oxygen atoms in total. The Labute approximate surface area is 195 Å². The summed E-state index contributed by atoms with van der Waals surface area (Å²) < 4.78 is 11.9. The lowest BCUT2D eigenvalue weighted by Gasteiger charge is -2.52. The van der Waals surface area contributed by atoms with Gasteiger partial charge in [-0.3, -0.25) is 4.79 Å². The summed E-state index contributed by atoms with van der Waals surface area (Å²) in [6, 6.07) is 13.2. The summed E-state index contributed by atoms with van der Waals surface area (Å²) in [6.45, 7) is 0.965. The molecule has 2 amide bonds. The molecule has 2 fully saturated rings. The molecule has 1 aliphatic heterocycles. The summed E-state index contributed by atoms with van der Waals surface area (Å²) in [5.41, 5.74) is 0.0336. The number of rotatable bonds is 5. The second-order valence-corrected chi connectivity index (χ2v) is 9.24. The number of aromatic nitrogens is 1. The molecule has 3 unspecified atom stereocenters. The first kappa shape index (κ1) is 21.6. The highest BCUT2D eigenvalue weighted by Crippen LogP contribution is 2.55. The molecular formula is C24H24ClN3O5. The SMILES string of the molecule is CNC(=O)c1cc(CC2C(Oc3ccc(Cl)c4ccccc34)CC23CCN(C(=O)O)C3)on1. The van der Waals surface area contributed by atoms with Crippen molar-refractivity contribution in [2.24, 2.45) is 11.3 Å². The summed E-state index contributed by atoms with van der Waals surface area (Å²) in [6.07, 6.45) is 0.988. The Balaban J connectivity index is 1.42. The molecule has 33 heavy (non-hydrogen) atoms. The van der Waals surface area contributed by atoms with Gasteiger partial charge in [0.2, 0.25) is 0 Å². The van der Waals surface area contributed by atoms with Crippen LogP contribution in [0.5, 0.6) is 5.75 Å². The molecule has 2 aromatic carbocycles. The number of hydrogen-bond acceptors (Lipinski definition) is 5. The lowest BCUT2D eigenvalue weighted by atomic mass is 9.56. The van der Waals surface area contributed by atoms with Crippen molar-refractivity contribution >= 4 is 34.4 Å². The van der Waals surface area contributed by atoms with Crippen molar-refractivity contribution in [2.45, 2.75) is 25.4 Å². The predicted molar refractivity (Wildman–Crippen MR) is 122 cm³/mol. The minimum Gasteiger partial charge on any atom is -0.489 e. The van der Waals surface area contributed by atoms with Gasteiger partial charge in [0.05, 0.1) is 0 Å². The molecule has 1 spiro atoms. The van der Waals surface area contributed by atoms with Crippen LogP contribution in [0.1, 0.15) is 29.1 Å². The summed E-state index contributed by atoms with van der Waals surface area (Å²) in [5.74, 6) is 1.03. The van der Waals surface area contributed by atoms with Gasteiger partial charge in [-0.2, -0.15) is 0 Å². The normalized spacial score (nSPS) is 24.1. The molecule has 9 heteroatoms. The lowest BCUT2D eigenvalue weighted by Crippen LogP contribution is -2.56. The van der Waals surface area contributed by atoms with Crippen molar-refractivity contribution in [1.29, 1.82) is 0 Å². The molecule has 2 aliphatic rings. The topological polar surface area (TPSA) is 105 Å². The standard InChI is InChI=1S/C24H24ClN3O5/c1-26-22(29)19-11-14(33-27-19)10-17-21(12-24(17)8-9-28(13-24)23(30)31)32-20-7-6-18(25)15-4-2-3-5-16(15)20/h2-7,11,17,21H,8-10,12-13H2,1H3,(H,26,29)(H,30,31). The number of nitrogens with zero attached hydrogens (tertiary/aromatic N) is 2. The van der Waals surface area contributed by atoms with E-state index < -0.39 is 6.09 Å². The number of nitrogens with one attached hydrogen (secondary N) is 1. The maximum absolute atomic E-state index is 11.9. The highest BCUT2D eigenvalue weighted by molar-refractivity contribution is 6.35. The fourth-order valence-corrected chi connectivity index (χ4v) is 5.52. The second kappa shape index (κ2) is 8.26. The number of carbonyl (C=O) groups excluding carboxylic acids is 1. The number of carbonyl (C=O) groups is 2. The Bertz CT molecular complexity index is 1230. The molecule has 2 N–H and O–H groups in total. The van der Waals surface area contributed by atoms with Crippen molar-refractivity contribution in [3.8, 4) is 5.75 Å². The van der Waals surface area contributed by atoms with E-state index >= 15 is 0 Å². The maximum Gasteiger partial charge on any atom is 0.407 e. The van der Waals surface area contributed by atoms with Gasteiger partial charge in [-0.15, -0.1) is 0 Å². The van der Waals surface area contributed by atoms with Crippen LogP contribution in [-0.4, -0.2) is 53.4 Å². The van der Waals surface area contributed by atoms with Crippen molar-refractivity contribution < 1.29 is 24.0 Å². The highest BCUT2D eigenvalue weighted by atomic mass is 35.5. The first-order chi connectivity index (χ1) is 15.9. The van der Waals surface area contributed by atoms with Crippen LogP contribution in [0.15, 0.2) is 47.0 Å². The Morgan fingerprint density at radius 2 is 2.09 bits per heavy atom. The van der Waals surface area contributed by atoms with Gasteiger partial charge in [0.15, 0.2) is 5.69 Å². The molecule has 172 valence electrons. The summed E-state index contributed by atoms with van der Waals surface area (Å²) >= 11 is 6.36. The van der Waals surface area contributed by atoms with Crippen LogP contribution in [0.25, 0.3) is 10.8 Å². The highest BCUT2D eigenvalue weighted by Gasteiger charge is 2.58. The Morgan fingerprint density at radius 3 is 2.82 bits per heavy atom. The second-order valence-electron chi connectivity index (χ2n) is 8.84. The number of amides is 2. The Hall–Kier alpha value is -3.26. The summed E-state index contributed by atoms with van der Waals surface area (Å²) in [7, 11) is 1.54. The molecule has 1 aromatic heterocycles. The number of carboxylic acid groups (broad SMARTS) is 1. The van der Waals surface area contributed by atoms with E-state index in [2.05, 4.69) is 10.5 Å². The van der Waals surface area contributed by atoms with Crippen LogP contribution < -0.4 is 10.1 Å². The van der Waals surface area contributed by atoms with Crippen LogP contribution in [0, 0.1) is 11.3 Å². The largest absolute Gasteiger partial charge is 0.489 e. The van der Waals surface area contributed by atoms with Crippen molar-refractivity contribution in [3.05, 3.63) is 58.9 Å². The van der Waals surface area contributed by atoms with Gasteiger partial charge >= 0.3 is 6.09 Å². The summed E-state index contributed by atoms with van der Waals surface area (Å²) in [5, 5.41) is 18.4. The molecule has 1 aliphatic carbocycles. The first-order valence-corrected chi connectivity index (χ1v) is 11.3. The third-order valence-corrected chi connectivity index (χ3v) is 7.38.